The zero-order chi connectivity index (χ0) is 20.5. The molecular weight excluding hydrogens is 394 g/mol. The van der Waals surface area contributed by atoms with Crippen molar-refractivity contribution < 1.29 is 13.8 Å². The zero-order valence-corrected chi connectivity index (χ0v) is 16.7. The maximum atomic E-state index is 12.8. The van der Waals surface area contributed by atoms with E-state index in [-0.39, 0.29) is 10.7 Å². The summed E-state index contributed by atoms with van der Waals surface area (Å²) < 4.78 is 18.8. The van der Waals surface area contributed by atoms with Crippen LogP contribution in [0.3, 0.4) is 0 Å². The molecule has 2 heterocycles. The Hall–Kier alpha value is -3.54. The first-order valence-electron chi connectivity index (χ1n) is 9.49. The number of Topliss-reactive ketones (excluding diaryl/α,β-unsaturated/α-hetero) is 1. The molecule has 1 aliphatic rings. The molecule has 0 aliphatic carbocycles. The first-order valence-corrected chi connectivity index (χ1v) is 10.6. The normalized spacial score (nSPS) is 16.6. The van der Waals surface area contributed by atoms with Crippen molar-refractivity contribution in [3.8, 4) is 0 Å². The quantitative estimate of drug-likeness (QED) is 0.301. The average Bonchev–Trinajstić information content (AvgIpc) is 3.35. The molecule has 0 spiro atoms. The van der Waals surface area contributed by atoms with Crippen LogP contribution in [0.1, 0.15) is 16.1 Å². The monoisotopic (exact) mass is 411 g/mol. The minimum atomic E-state index is -1.50. The van der Waals surface area contributed by atoms with Gasteiger partial charge in [-0.25, -0.2) is 0 Å². The molecule has 4 aromatic rings. The lowest BCUT2D eigenvalue weighted by molar-refractivity contribution is 0.104. The van der Waals surface area contributed by atoms with Gasteiger partial charge in [-0.3, -0.25) is 9.69 Å². The Balaban J connectivity index is 1.53. The van der Waals surface area contributed by atoms with Crippen LogP contribution in [-0.2, 0) is 11.2 Å². The Labute approximate surface area is 177 Å². The number of rotatable bonds is 4. The number of carbonyl (C=O) groups is 1. The number of anilines is 3. The molecule has 146 valence electrons. The summed E-state index contributed by atoms with van der Waals surface area (Å²) in [5.74, 6) is 0.865. The molecule has 1 unspecified atom stereocenters. The predicted molar refractivity (Wildman–Crippen MR) is 119 cm³/mol. The molecule has 4 nitrogen and oxygen atoms in total. The first-order chi connectivity index (χ1) is 14.7. The summed E-state index contributed by atoms with van der Waals surface area (Å²) >= 11 is -1.50. The summed E-state index contributed by atoms with van der Waals surface area (Å²) in [4.78, 5) is 15.5. The van der Waals surface area contributed by atoms with Gasteiger partial charge >= 0.3 is 0 Å². The van der Waals surface area contributed by atoms with Gasteiger partial charge in [-0.1, -0.05) is 48.5 Å². The molecule has 5 heteroatoms. The van der Waals surface area contributed by atoms with Gasteiger partial charge in [-0.05, 0) is 42.5 Å². The minimum absolute atomic E-state index is 0.218. The number of benzene rings is 3. The van der Waals surface area contributed by atoms with E-state index in [2.05, 4.69) is 0 Å². The van der Waals surface area contributed by atoms with Crippen molar-refractivity contribution in [3.63, 3.8) is 0 Å². The lowest BCUT2D eigenvalue weighted by Gasteiger charge is -2.22. The predicted octanol–water partition coefficient (Wildman–Crippen LogP) is 6.09. The van der Waals surface area contributed by atoms with Crippen molar-refractivity contribution in [2.75, 3.05) is 4.90 Å². The van der Waals surface area contributed by atoms with Crippen LogP contribution in [0.15, 0.2) is 111 Å². The SMILES string of the molecule is O=C1/C(=C/c2ccc(N(c3ccccc3)c3ccccc3)o2)[S+]([O-])c2ccccc21. The van der Waals surface area contributed by atoms with E-state index in [9.17, 15) is 9.35 Å². The largest absolute Gasteiger partial charge is 0.606 e. The van der Waals surface area contributed by atoms with Gasteiger partial charge in [-0.15, -0.1) is 0 Å². The molecular formula is C25H17NO3S. The van der Waals surface area contributed by atoms with Crippen molar-refractivity contribution in [1.29, 1.82) is 0 Å². The molecule has 0 fully saturated rings. The van der Waals surface area contributed by atoms with Crippen molar-refractivity contribution in [3.05, 3.63) is 113 Å². The molecule has 30 heavy (non-hydrogen) atoms. The number of allylic oxidation sites excluding steroid dienone is 1. The number of para-hydroxylation sites is 2. The third-order valence-electron chi connectivity index (χ3n) is 4.89. The van der Waals surface area contributed by atoms with Gasteiger partial charge in [0, 0.05) is 34.7 Å². The Bertz CT molecular complexity index is 1190. The second-order valence-corrected chi connectivity index (χ2v) is 8.20. The van der Waals surface area contributed by atoms with Crippen LogP contribution in [0, 0.1) is 0 Å². The van der Waals surface area contributed by atoms with E-state index in [1.54, 1.807) is 36.4 Å². The summed E-state index contributed by atoms with van der Waals surface area (Å²) in [7, 11) is 0. The summed E-state index contributed by atoms with van der Waals surface area (Å²) in [6.45, 7) is 0. The molecule has 0 bridgehead atoms. The fourth-order valence-electron chi connectivity index (χ4n) is 3.50. The maximum absolute atomic E-state index is 12.8. The summed E-state index contributed by atoms with van der Waals surface area (Å²) in [6.07, 6.45) is 1.58. The number of nitrogens with zero attached hydrogens (tertiary/aromatic N) is 1. The standard InChI is InChI=1S/C25H17NO3S/c27-25-21-13-7-8-14-22(21)30(28)23(25)17-20-15-16-24(29-20)26(18-9-3-1-4-10-18)19-11-5-2-6-12-19/h1-17H/b23-17-. The van der Waals surface area contributed by atoms with E-state index < -0.39 is 11.2 Å². The van der Waals surface area contributed by atoms with Gasteiger partial charge in [0.15, 0.2) is 4.90 Å². The van der Waals surface area contributed by atoms with E-state index in [1.165, 1.54) is 0 Å². The molecule has 3 aromatic carbocycles. The van der Waals surface area contributed by atoms with Gasteiger partial charge in [0.05, 0.1) is 5.56 Å². The van der Waals surface area contributed by atoms with Gasteiger partial charge in [0.25, 0.3) is 0 Å². The maximum Gasteiger partial charge on any atom is 0.246 e. The molecule has 0 saturated heterocycles. The number of ketones is 1. The number of carbonyl (C=O) groups excluding carboxylic acids is 1. The Kier molecular flexibility index (Phi) is 4.75. The van der Waals surface area contributed by atoms with E-state index in [0.29, 0.717) is 22.1 Å². The minimum Gasteiger partial charge on any atom is -0.606 e. The highest BCUT2D eigenvalue weighted by Crippen LogP contribution is 2.38. The fourth-order valence-corrected chi connectivity index (χ4v) is 4.80. The highest BCUT2D eigenvalue weighted by atomic mass is 32.2. The van der Waals surface area contributed by atoms with Crippen LogP contribution in [-0.4, -0.2) is 10.3 Å². The molecule has 0 amide bonds. The highest BCUT2D eigenvalue weighted by Gasteiger charge is 2.39. The van der Waals surface area contributed by atoms with Crippen LogP contribution >= 0.6 is 0 Å². The summed E-state index contributed by atoms with van der Waals surface area (Å²) in [6, 6.07) is 30.4. The number of furan rings is 1. The molecule has 0 N–H and O–H groups in total. The fraction of sp³-hybridized carbons (Fsp3) is 0. The van der Waals surface area contributed by atoms with E-state index >= 15 is 0 Å². The van der Waals surface area contributed by atoms with Crippen LogP contribution in [0.25, 0.3) is 6.08 Å². The van der Waals surface area contributed by atoms with Crippen molar-refractivity contribution in [2.24, 2.45) is 0 Å². The molecule has 1 aromatic heterocycles. The molecule has 1 aliphatic heterocycles. The lowest BCUT2D eigenvalue weighted by atomic mass is 10.1. The topological polar surface area (TPSA) is 56.5 Å². The van der Waals surface area contributed by atoms with Crippen LogP contribution in [0.2, 0.25) is 0 Å². The molecule has 5 rings (SSSR count). The van der Waals surface area contributed by atoms with Gasteiger partial charge < -0.3 is 8.97 Å². The zero-order valence-electron chi connectivity index (χ0n) is 15.9. The van der Waals surface area contributed by atoms with Crippen LogP contribution in [0.4, 0.5) is 17.3 Å². The van der Waals surface area contributed by atoms with Crippen molar-refractivity contribution in [1.82, 2.24) is 0 Å². The molecule has 1 atom stereocenters. The van der Waals surface area contributed by atoms with Gasteiger partial charge in [0.1, 0.15) is 5.76 Å². The van der Waals surface area contributed by atoms with Gasteiger partial charge in [-0.2, -0.15) is 0 Å². The molecule has 0 saturated carbocycles. The second-order valence-electron chi connectivity index (χ2n) is 6.79. The highest BCUT2D eigenvalue weighted by molar-refractivity contribution is 7.97. The van der Waals surface area contributed by atoms with Gasteiger partial charge in [0.2, 0.25) is 16.6 Å². The van der Waals surface area contributed by atoms with Crippen molar-refractivity contribution >= 4 is 40.3 Å². The van der Waals surface area contributed by atoms with E-state index in [4.69, 9.17) is 4.42 Å². The lowest BCUT2D eigenvalue weighted by Crippen LogP contribution is -2.08. The summed E-state index contributed by atoms with van der Waals surface area (Å²) in [5, 5.41) is 0. The van der Waals surface area contributed by atoms with E-state index in [1.807, 2.05) is 71.6 Å². The van der Waals surface area contributed by atoms with Crippen LogP contribution in [0.5, 0.6) is 0 Å². The van der Waals surface area contributed by atoms with Crippen molar-refractivity contribution in [2.45, 2.75) is 4.90 Å². The first kappa shape index (κ1) is 18.5. The average molecular weight is 411 g/mol. The number of hydrogen-bond acceptors (Lipinski definition) is 4. The summed E-state index contributed by atoms with van der Waals surface area (Å²) in [5.41, 5.74) is 2.39. The smallest absolute Gasteiger partial charge is 0.246 e. The van der Waals surface area contributed by atoms with E-state index in [0.717, 1.165) is 11.4 Å². The van der Waals surface area contributed by atoms with Crippen LogP contribution < -0.4 is 4.90 Å². The molecule has 0 radical (unpaired) electrons. The Morgan fingerprint density at radius 2 is 1.37 bits per heavy atom. The second kappa shape index (κ2) is 7.71. The third-order valence-corrected chi connectivity index (χ3v) is 6.35. The number of fused-ring (bicyclic) bond motifs is 1. The Morgan fingerprint density at radius 1 is 0.767 bits per heavy atom. The number of hydrogen-bond donors (Lipinski definition) is 0. The Morgan fingerprint density at radius 3 is 2.00 bits per heavy atom. The third kappa shape index (κ3) is 3.24.